The van der Waals surface area contributed by atoms with Crippen molar-refractivity contribution in [1.82, 2.24) is 4.98 Å². The van der Waals surface area contributed by atoms with Gasteiger partial charge in [0.05, 0.1) is 4.92 Å². The van der Waals surface area contributed by atoms with Gasteiger partial charge in [-0.25, -0.2) is 4.98 Å². The average molecular weight is 292 g/mol. The van der Waals surface area contributed by atoms with Gasteiger partial charge in [0.1, 0.15) is 5.82 Å². The molecular formula is C15H24N4O2. The van der Waals surface area contributed by atoms with E-state index in [1.807, 2.05) is 0 Å². The van der Waals surface area contributed by atoms with Crippen molar-refractivity contribution in [3.8, 4) is 0 Å². The molecule has 1 aliphatic rings. The van der Waals surface area contributed by atoms with Crippen LogP contribution in [-0.4, -0.2) is 22.5 Å². The number of hydrogen-bond acceptors (Lipinski definition) is 5. The highest BCUT2D eigenvalue weighted by Crippen LogP contribution is 2.30. The maximum Gasteiger partial charge on any atom is 0.311 e. The Balaban J connectivity index is 2.15. The first kappa shape index (κ1) is 15.5. The monoisotopic (exact) mass is 292 g/mol. The number of nitrogens with one attached hydrogen (secondary N) is 2. The zero-order chi connectivity index (χ0) is 15.2. The summed E-state index contributed by atoms with van der Waals surface area (Å²) in [5.74, 6) is 1.74. The van der Waals surface area contributed by atoms with Crippen molar-refractivity contribution in [3.63, 3.8) is 0 Å². The lowest BCUT2D eigenvalue weighted by molar-refractivity contribution is -0.384. The molecule has 1 aromatic rings. The summed E-state index contributed by atoms with van der Waals surface area (Å²) in [5.41, 5.74) is 0.0512. The van der Waals surface area contributed by atoms with E-state index in [1.54, 1.807) is 6.07 Å². The number of anilines is 2. The van der Waals surface area contributed by atoms with Gasteiger partial charge >= 0.3 is 5.69 Å². The molecule has 0 spiro atoms. The molecule has 0 bridgehead atoms. The Morgan fingerprint density at radius 3 is 2.90 bits per heavy atom. The van der Waals surface area contributed by atoms with E-state index in [2.05, 4.69) is 29.5 Å². The minimum absolute atomic E-state index is 0.0512. The van der Waals surface area contributed by atoms with Crippen molar-refractivity contribution in [3.05, 3.63) is 22.2 Å². The molecule has 21 heavy (non-hydrogen) atoms. The second kappa shape index (κ2) is 7.24. The average Bonchev–Trinajstić information content (AvgIpc) is 2.45. The van der Waals surface area contributed by atoms with Crippen LogP contribution in [0.3, 0.4) is 0 Å². The van der Waals surface area contributed by atoms with Gasteiger partial charge in [0.15, 0.2) is 0 Å². The van der Waals surface area contributed by atoms with Crippen molar-refractivity contribution >= 4 is 17.3 Å². The quantitative estimate of drug-likeness (QED) is 0.615. The standard InChI is InChI=1S/C15H24N4O2/c1-3-9-16-14-8-7-13(19(20)21)15(18-14)17-12-6-4-5-11(2)10-12/h7-8,11-12H,3-6,9-10H2,1-2H3,(H2,16,17,18). The van der Waals surface area contributed by atoms with Gasteiger partial charge < -0.3 is 10.6 Å². The molecule has 2 unspecified atom stereocenters. The zero-order valence-corrected chi connectivity index (χ0v) is 12.8. The van der Waals surface area contributed by atoms with Crippen LogP contribution in [-0.2, 0) is 0 Å². The molecule has 1 fully saturated rings. The molecule has 0 amide bonds. The van der Waals surface area contributed by atoms with Crippen molar-refractivity contribution in [2.24, 2.45) is 5.92 Å². The molecule has 2 N–H and O–H groups in total. The van der Waals surface area contributed by atoms with E-state index in [0.717, 1.165) is 25.8 Å². The normalized spacial score (nSPS) is 21.8. The summed E-state index contributed by atoms with van der Waals surface area (Å²) in [4.78, 5) is 15.2. The summed E-state index contributed by atoms with van der Waals surface area (Å²) in [6, 6.07) is 3.48. The van der Waals surface area contributed by atoms with Crippen LogP contribution in [0, 0.1) is 16.0 Å². The Morgan fingerprint density at radius 1 is 1.43 bits per heavy atom. The van der Waals surface area contributed by atoms with Crippen LogP contribution >= 0.6 is 0 Å². The molecule has 1 aliphatic carbocycles. The number of rotatable bonds is 6. The Hall–Kier alpha value is -1.85. The molecule has 0 aliphatic heterocycles. The summed E-state index contributed by atoms with van der Waals surface area (Å²) in [5, 5.41) is 17.6. The van der Waals surface area contributed by atoms with Crippen LogP contribution < -0.4 is 10.6 Å². The van der Waals surface area contributed by atoms with Gasteiger partial charge in [-0.3, -0.25) is 10.1 Å². The van der Waals surface area contributed by atoms with E-state index in [0.29, 0.717) is 17.6 Å². The predicted octanol–water partition coefficient (Wildman–Crippen LogP) is 3.80. The molecule has 0 saturated heterocycles. The molecule has 0 aromatic carbocycles. The third-order valence-corrected chi connectivity index (χ3v) is 3.90. The molecule has 6 heteroatoms. The maximum absolute atomic E-state index is 11.2. The molecular weight excluding hydrogens is 268 g/mol. The van der Waals surface area contributed by atoms with Crippen molar-refractivity contribution in [1.29, 1.82) is 0 Å². The van der Waals surface area contributed by atoms with Gasteiger partial charge in [-0.05, 0) is 31.2 Å². The second-order valence-corrected chi connectivity index (χ2v) is 5.86. The fourth-order valence-corrected chi connectivity index (χ4v) is 2.82. The second-order valence-electron chi connectivity index (χ2n) is 5.86. The molecule has 6 nitrogen and oxygen atoms in total. The zero-order valence-electron chi connectivity index (χ0n) is 12.8. The highest BCUT2D eigenvalue weighted by molar-refractivity contribution is 5.60. The number of hydrogen-bond donors (Lipinski definition) is 2. The number of nitro groups is 1. The number of pyridine rings is 1. The Bertz CT molecular complexity index is 493. The summed E-state index contributed by atoms with van der Waals surface area (Å²) in [6.07, 6.45) is 5.50. The maximum atomic E-state index is 11.2. The van der Waals surface area contributed by atoms with Crippen LogP contribution in [0.25, 0.3) is 0 Å². The topological polar surface area (TPSA) is 80.1 Å². The molecule has 1 saturated carbocycles. The van der Waals surface area contributed by atoms with E-state index >= 15 is 0 Å². The van der Waals surface area contributed by atoms with Crippen LogP contribution in [0.5, 0.6) is 0 Å². The van der Waals surface area contributed by atoms with Crippen molar-refractivity contribution in [2.75, 3.05) is 17.2 Å². The Kier molecular flexibility index (Phi) is 5.36. The number of nitrogens with zero attached hydrogens (tertiary/aromatic N) is 2. The van der Waals surface area contributed by atoms with Gasteiger partial charge in [0, 0.05) is 18.7 Å². The molecule has 2 rings (SSSR count). The minimum atomic E-state index is -0.370. The fraction of sp³-hybridized carbons (Fsp3) is 0.667. The van der Waals surface area contributed by atoms with E-state index in [-0.39, 0.29) is 16.7 Å². The van der Waals surface area contributed by atoms with Gasteiger partial charge in [-0.1, -0.05) is 26.7 Å². The summed E-state index contributed by atoms with van der Waals surface area (Å²) < 4.78 is 0. The van der Waals surface area contributed by atoms with E-state index in [9.17, 15) is 10.1 Å². The fourth-order valence-electron chi connectivity index (χ4n) is 2.82. The Labute approximate surface area is 125 Å². The molecule has 116 valence electrons. The third-order valence-electron chi connectivity index (χ3n) is 3.90. The first-order valence-corrected chi connectivity index (χ1v) is 7.76. The Morgan fingerprint density at radius 2 is 2.24 bits per heavy atom. The molecule has 2 atom stereocenters. The lowest BCUT2D eigenvalue weighted by Gasteiger charge is -2.27. The van der Waals surface area contributed by atoms with Crippen LogP contribution in [0.4, 0.5) is 17.3 Å². The largest absolute Gasteiger partial charge is 0.370 e. The highest BCUT2D eigenvalue weighted by atomic mass is 16.6. The first-order chi connectivity index (χ1) is 10.1. The summed E-state index contributed by atoms with van der Waals surface area (Å²) >= 11 is 0. The third kappa shape index (κ3) is 4.31. The summed E-state index contributed by atoms with van der Waals surface area (Å²) in [6.45, 7) is 5.11. The van der Waals surface area contributed by atoms with Gasteiger partial charge in [0.25, 0.3) is 0 Å². The first-order valence-electron chi connectivity index (χ1n) is 7.76. The minimum Gasteiger partial charge on any atom is -0.370 e. The van der Waals surface area contributed by atoms with Crippen molar-refractivity contribution in [2.45, 2.75) is 52.0 Å². The molecule has 0 radical (unpaired) electrons. The van der Waals surface area contributed by atoms with Gasteiger partial charge in [-0.15, -0.1) is 0 Å². The van der Waals surface area contributed by atoms with E-state index < -0.39 is 0 Å². The van der Waals surface area contributed by atoms with Gasteiger partial charge in [-0.2, -0.15) is 0 Å². The number of aromatic nitrogens is 1. The van der Waals surface area contributed by atoms with E-state index in [1.165, 1.54) is 18.9 Å². The lowest BCUT2D eigenvalue weighted by atomic mass is 9.87. The van der Waals surface area contributed by atoms with Gasteiger partial charge in [0.2, 0.25) is 5.82 Å². The smallest absolute Gasteiger partial charge is 0.311 e. The van der Waals surface area contributed by atoms with Crippen LogP contribution in [0.15, 0.2) is 12.1 Å². The van der Waals surface area contributed by atoms with Crippen LogP contribution in [0.1, 0.15) is 46.0 Å². The summed E-state index contributed by atoms with van der Waals surface area (Å²) in [7, 11) is 0. The predicted molar refractivity (Wildman–Crippen MR) is 84.7 cm³/mol. The SMILES string of the molecule is CCCNc1ccc([N+](=O)[O-])c(NC2CCCC(C)C2)n1. The highest BCUT2D eigenvalue weighted by Gasteiger charge is 2.23. The molecule has 1 heterocycles. The lowest BCUT2D eigenvalue weighted by Crippen LogP contribution is -2.27. The van der Waals surface area contributed by atoms with Crippen molar-refractivity contribution < 1.29 is 4.92 Å². The molecule has 1 aromatic heterocycles. The van der Waals surface area contributed by atoms with E-state index in [4.69, 9.17) is 0 Å². The van der Waals surface area contributed by atoms with Crippen LogP contribution in [0.2, 0.25) is 0 Å².